The zero-order chi connectivity index (χ0) is 18.4. The van der Waals surface area contributed by atoms with Crippen LogP contribution in [-0.4, -0.2) is 40.5 Å². The molecule has 2 aliphatic heterocycles. The third kappa shape index (κ3) is 2.70. The Balaban J connectivity index is 1.34. The second kappa shape index (κ2) is 6.09. The Morgan fingerprint density at radius 3 is 2.41 bits per heavy atom. The summed E-state index contributed by atoms with van der Waals surface area (Å²) in [6, 6.07) is 13.1. The second-order valence-electron chi connectivity index (χ2n) is 7.23. The van der Waals surface area contributed by atoms with Gasteiger partial charge in [-0.05, 0) is 24.3 Å². The summed E-state index contributed by atoms with van der Waals surface area (Å²) < 4.78 is 1.57. The molecular formula is C20H18N6O. The first-order chi connectivity index (χ1) is 13.2. The van der Waals surface area contributed by atoms with E-state index in [0.29, 0.717) is 23.0 Å². The van der Waals surface area contributed by atoms with E-state index in [4.69, 9.17) is 5.26 Å². The SMILES string of the molecule is N#Cc1ccc(N2CC3CN(c4cc(=O)n5ccccc5n4)CC3C2)nc1. The minimum absolute atomic E-state index is 0.0453. The Bertz CT molecular complexity index is 1090. The van der Waals surface area contributed by atoms with E-state index >= 15 is 0 Å². The molecule has 5 rings (SSSR count). The molecule has 27 heavy (non-hydrogen) atoms. The molecule has 0 aromatic carbocycles. The Morgan fingerprint density at radius 1 is 1.00 bits per heavy atom. The summed E-state index contributed by atoms with van der Waals surface area (Å²) in [5.74, 6) is 2.75. The minimum atomic E-state index is -0.0453. The predicted molar refractivity (Wildman–Crippen MR) is 102 cm³/mol. The van der Waals surface area contributed by atoms with E-state index in [-0.39, 0.29) is 5.56 Å². The number of fused-ring (bicyclic) bond motifs is 2. The zero-order valence-electron chi connectivity index (χ0n) is 14.7. The number of aromatic nitrogens is 3. The highest BCUT2D eigenvalue weighted by Gasteiger charge is 2.41. The standard InChI is InChI=1S/C20H18N6O/c21-8-14-4-5-17(22-9-14)24-10-15-12-25(13-16(15)11-24)19-7-20(27)26-6-2-1-3-18(26)23-19/h1-7,9,15-16H,10-13H2. The molecule has 3 aromatic heterocycles. The summed E-state index contributed by atoms with van der Waals surface area (Å²) in [5, 5.41) is 8.91. The largest absolute Gasteiger partial charge is 0.356 e. The van der Waals surface area contributed by atoms with Crippen molar-refractivity contribution in [2.75, 3.05) is 36.0 Å². The summed E-state index contributed by atoms with van der Waals surface area (Å²) in [7, 11) is 0. The van der Waals surface area contributed by atoms with E-state index in [0.717, 1.165) is 37.8 Å². The van der Waals surface area contributed by atoms with Gasteiger partial charge in [-0.2, -0.15) is 5.26 Å². The Labute approximate surface area is 156 Å². The molecule has 0 bridgehead atoms. The Hall–Kier alpha value is -3.40. The highest BCUT2D eigenvalue weighted by molar-refractivity contribution is 5.50. The van der Waals surface area contributed by atoms with Crippen LogP contribution in [0.25, 0.3) is 5.65 Å². The lowest BCUT2D eigenvalue weighted by molar-refractivity contribution is 0.533. The Kier molecular flexibility index (Phi) is 3.57. The van der Waals surface area contributed by atoms with Gasteiger partial charge in [0, 0.05) is 56.5 Å². The second-order valence-corrected chi connectivity index (χ2v) is 7.23. The van der Waals surface area contributed by atoms with E-state index in [2.05, 4.69) is 25.8 Å². The van der Waals surface area contributed by atoms with E-state index in [1.807, 2.05) is 30.3 Å². The summed E-state index contributed by atoms with van der Waals surface area (Å²) in [4.78, 5) is 26.0. The molecule has 5 heterocycles. The van der Waals surface area contributed by atoms with Crippen molar-refractivity contribution in [2.45, 2.75) is 0 Å². The van der Waals surface area contributed by atoms with Crippen molar-refractivity contribution in [3.63, 3.8) is 0 Å². The smallest absolute Gasteiger partial charge is 0.259 e. The highest BCUT2D eigenvalue weighted by atomic mass is 16.1. The van der Waals surface area contributed by atoms with Crippen molar-refractivity contribution < 1.29 is 0 Å². The van der Waals surface area contributed by atoms with Crippen molar-refractivity contribution in [3.05, 3.63) is 64.7 Å². The average Bonchev–Trinajstić information content (AvgIpc) is 3.27. The van der Waals surface area contributed by atoms with Gasteiger partial charge in [0.05, 0.1) is 5.56 Å². The van der Waals surface area contributed by atoms with Gasteiger partial charge < -0.3 is 9.80 Å². The predicted octanol–water partition coefficient (Wildman–Crippen LogP) is 1.53. The molecule has 7 heteroatoms. The van der Waals surface area contributed by atoms with E-state index in [1.54, 1.807) is 22.9 Å². The number of hydrogen-bond donors (Lipinski definition) is 0. The molecule has 7 nitrogen and oxygen atoms in total. The van der Waals surface area contributed by atoms with Gasteiger partial charge in [-0.25, -0.2) is 9.97 Å². The van der Waals surface area contributed by atoms with Crippen LogP contribution in [0.15, 0.2) is 53.6 Å². The maximum atomic E-state index is 12.3. The minimum Gasteiger partial charge on any atom is -0.356 e. The fourth-order valence-corrected chi connectivity index (χ4v) is 4.21. The fraction of sp³-hybridized carbons (Fsp3) is 0.300. The molecule has 2 atom stereocenters. The summed E-state index contributed by atoms with van der Waals surface area (Å²) in [6.07, 6.45) is 3.37. The van der Waals surface area contributed by atoms with Crippen LogP contribution in [-0.2, 0) is 0 Å². The molecule has 0 spiro atoms. The van der Waals surface area contributed by atoms with Crippen LogP contribution in [0.1, 0.15) is 5.56 Å². The molecule has 134 valence electrons. The van der Waals surface area contributed by atoms with Crippen LogP contribution in [0.2, 0.25) is 0 Å². The molecular weight excluding hydrogens is 340 g/mol. The fourth-order valence-electron chi connectivity index (χ4n) is 4.21. The molecule has 0 amide bonds. The lowest BCUT2D eigenvalue weighted by Gasteiger charge is -2.23. The van der Waals surface area contributed by atoms with Crippen molar-refractivity contribution in [2.24, 2.45) is 11.8 Å². The molecule has 2 fully saturated rings. The van der Waals surface area contributed by atoms with Gasteiger partial charge in [-0.1, -0.05) is 6.07 Å². The number of pyridine rings is 2. The number of rotatable bonds is 2. The first-order valence-corrected chi connectivity index (χ1v) is 9.06. The summed E-state index contributed by atoms with van der Waals surface area (Å²) in [6.45, 7) is 3.67. The van der Waals surface area contributed by atoms with Crippen molar-refractivity contribution >= 4 is 17.3 Å². The maximum Gasteiger partial charge on any atom is 0.259 e. The molecule has 2 aliphatic rings. The monoisotopic (exact) mass is 358 g/mol. The number of hydrogen-bond acceptors (Lipinski definition) is 6. The van der Waals surface area contributed by atoms with Crippen LogP contribution in [0, 0.1) is 23.2 Å². The van der Waals surface area contributed by atoms with Gasteiger partial charge in [0.2, 0.25) is 0 Å². The molecule has 0 N–H and O–H groups in total. The first kappa shape index (κ1) is 15.8. The third-order valence-corrected chi connectivity index (χ3v) is 5.57. The van der Waals surface area contributed by atoms with Crippen molar-refractivity contribution in [1.29, 1.82) is 5.26 Å². The van der Waals surface area contributed by atoms with Crippen LogP contribution in [0.4, 0.5) is 11.6 Å². The Morgan fingerprint density at radius 2 is 1.74 bits per heavy atom. The topological polar surface area (TPSA) is 77.5 Å². The lowest BCUT2D eigenvalue weighted by Crippen LogP contribution is -2.30. The van der Waals surface area contributed by atoms with Gasteiger partial charge in [-0.15, -0.1) is 0 Å². The molecule has 0 saturated carbocycles. The van der Waals surface area contributed by atoms with E-state index in [1.165, 1.54) is 0 Å². The van der Waals surface area contributed by atoms with E-state index < -0.39 is 0 Å². The van der Waals surface area contributed by atoms with Crippen LogP contribution < -0.4 is 15.4 Å². The quantitative estimate of drug-likeness (QED) is 0.691. The van der Waals surface area contributed by atoms with E-state index in [9.17, 15) is 4.79 Å². The van der Waals surface area contributed by atoms with Crippen LogP contribution in [0.5, 0.6) is 0 Å². The summed E-state index contributed by atoms with van der Waals surface area (Å²) >= 11 is 0. The lowest BCUT2D eigenvalue weighted by atomic mass is 10.0. The molecule has 3 aromatic rings. The maximum absolute atomic E-state index is 12.3. The van der Waals surface area contributed by atoms with Gasteiger partial charge >= 0.3 is 0 Å². The first-order valence-electron chi connectivity index (χ1n) is 9.06. The number of nitriles is 1. The molecule has 2 saturated heterocycles. The number of anilines is 2. The molecule has 0 radical (unpaired) electrons. The molecule has 0 aliphatic carbocycles. The van der Waals surface area contributed by atoms with Crippen molar-refractivity contribution in [3.8, 4) is 6.07 Å². The third-order valence-electron chi connectivity index (χ3n) is 5.57. The number of nitrogens with zero attached hydrogens (tertiary/aromatic N) is 6. The highest BCUT2D eigenvalue weighted by Crippen LogP contribution is 2.34. The molecule has 2 unspecified atom stereocenters. The normalized spacial score (nSPS) is 21.4. The van der Waals surface area contributed by atoms with Crippen LogP contribution >= 0.6 is 0 Å². The van der Waals surface area contributed by atoms with Crippen molar-refractivity contribution in [1.82, 2.24) is 14.4 Å². The van der Waals surface area contributed by atoms with Gasteiger partial charge in [-0.3, -0.25) is 9.20 Å². The summed E-state index contributed by atoms with van der Waals surface area (Å²) in [5.41, 5.74) is 1.22. The van der Waals surface area contributed by atoms with Gasteiger partial charge in [0.25, 0.3) is 5.56 Å². The van der Waals surface area contributed by atoms with Crippen LogP contribution in [0.3, 0.4) is 0 Å². The average molecular weight is 358 g/mol. The van der Waals surface area contributed by atoms with Gasteiger partial charge in [0.15, 0.2) is 0 Å². The zero-order valence-corrected chi connectivity index (χ0v) is 14.7. The van der Waals surface area contributed by atoms with Gasteiger partial charge in [0.1, 0.15) is 23.4 Å².